The maximum Gasteiger partial charge on any atom is 0.0464 e. The Morgan fingerprint density at radius 2 is 2.00 bits per heavy atom. The van der Waals surface area contributed by atoms with Crippen molar-refractivity contribution in [3.8, 4) is 0 Å². The van der Waals surface area contributed by atoms with Crippen molar-refractivity contribution in [2.75, 3.05) is 6.61 Å². The van der Waals surface area contributed by atoms with Crippen molar-refractivity contribution in [1.82, 2.24) is 0 Å². The van der Waals surface area contributed by atoms with Crippen molar-refractivity contribution < 1.29 is 5.11 Å². The van der Waals surface area contributed by atoms with Gasteiger partial charge in [0.25, 0.3) is 0 Å². The van der Waals surface area contributed by atoms with E-state index in [4.69, 9.17) is 5.11 Å². The van der Waals surface area contributed by atoms with Crippen molar-refractivity contribution in [3.63, 3.8) is 0 Å². The predicted molar refractivity (Wildman–Crippen MR) is 40.6 cm³/mol. The van der Waals surface area contributed by atoms with E-state index < -0.39 is 0 Å². The van der Waals surface area contributed by atoms with Gasteiger partial charge in [-0.1, -0.05) is 6.92 Å². The zero-order valence-corrected chi connectivity index (χ0v) is 6.59. The Hall–Kier alpha value is -0.0400. The summed E-state index contributed by atoms with van der Waals surface area (Å²) >= 11 is 0. The first-order valence-electron chi connectivity index (χ1n) is 4.43. The van der Waals surface area contributed by atoms with E-state index in [0.29, 0.717) is 12.5 Å². The average Bonchev–Trinajstić information content (AvgIpc) is 2.46. The SMILES string of the molecule is CC1C(CO)[C@H]2CC[C@@H]1C2. The number of fused-ring (bicyclic) bond motifs is 2. The van der Waals surface area contributed by atoms with Gasteiger partial charge in [-0.3, -0.25) is 0 Å². The Morgan fingerprint density at radius 3 is 2.40 bits per heavy atom. The van der Waals surface area contributed by atoms with Crippen LogP contribution in [-0.2, 0) is 0 Å². The van der Waals surface area contributed by atoms with Gasteiger partial charge < -0.3 is 5.11 Å². The highest BCUT2D eigenvalue weighted by Crippen LogP contribution is 2.51. The minimum absolute atomic E-state index is 0.433. The Balaban J connectivity index is 2.10. The van der Waals surface area contributed by atoms with Gasteiger partial charge in [0.1, 0.15) is 0 Å². The van der Waals surface area contributed by atoms with Crippen LogP contribution in [0.2, 0.25) is 0 Å². The number of hydrogen-bond donors (Lipinski definition) is 1. The molecule has 2 bridgehead atoms. The molecular weight excluding hydrogens is 124 g/mol. The van der Waals surface area contributed by atoms with Gasteiger partial charge >= 0.3 is 0 Å². The van der Waals surface area contributed by atoms with Gasteiger partial charge in [0.2, 0.25) is 0 Å². The molecule has 0 saturated heterocycles. The summed E-state index contributed by atoms with van der Waals surface area (Å²) in [5.41, 5.74) is 0. The minimum Gasteiger partial charge on any atom is -0.396 e. The lowest BCUT2D eigenvalue weighted by Gasteiger charge is -2.25. The van der Waals surface area contributed by atoms with Crippen LogP contribution in [0.25, 0.3) is 0 Å². The molecule has 2 rings (SSSR count). The molecule has 1 heteroatoms. The fraction of sp³-hybridized carbons (Fsp3) is 1.00. The molecule has 0 radical (unpaired) electrons. The van der Waals surface area contributed by atoms with Gasteiger partial charge in [-0.2, -0.15) is 0 Å². The van der Waals surface area contributed by atoms with Crippen LogP contribution in [0.5, 0.6) is 0 Å². The van der Waals surface area contributed by atoms with E-state index in [0.717, 1.165) is 17.8 Å². The number of hydrogen-bond acceptors (Lipinski definition) is 1. The molecule has 1 N–H and O–H groups in total. The first-order chi connectivity index (χ1) is 4.83. The standard InChI is InChI=1S/C9H16O/c1-6-7-2-3-8(4-7)9(6)5-10/h6-10H,2-5H2,1H3/t6?,7-,8+,9?/m1/s1. The van der Waals surface area contributed by atoms with Crippen LogP contribution < -0.4 is 0 Å². The van der Waals surface area contributed by atoms with Gasteiger partial charge in [0.05, 0.1) is 0 Å². The van der Waals surface area contributed by atoms with E-state index >= 15 is 0 Å². The van der Waals surface area contributed by atoms with Crippen molar-refractivity contribution in [3.05, 3.63) is 0 Å². The summed E-state index contributed by atoms with van der Waals surface area (Å²) in [5, 5.41) is 9.06. The summed E-state index contributed by atoms with van der Waals surface area (Å²) < 4.78 is 0. The third kappa shape index (κ3) is 0.731. The average molecular weight is 140 g/mol. The normalized spacial score (nSPS) is 52.2. The molecule has 10 heavy (non-hydrogen) atoms. The second-order valence-electron chi connectivity index (χ2n) is 4.04. The molecular formula is C9H16O. The summed E-state index contributed by atoms with van der Waals surface area (Å²) in [6, 6.07) is 0. The predicted octanol–water partition coefficient (Wildman–Crippen LogP) is 1.66. The smallest absolute Gasteiger partial charge is 0.0464 e. The maximum absolute atomic E-state index is 9.06. The van der Waals surface area contributed by atoms with Crippen LogP contribution in [0.4, 0.5) is 0 Å². The highest BCUT2D eigenvalue weighted by molar-refractivity contribution is 4.93. The van der Waals surface area contributed by atoms with E-state index in [2.05, 4.69) is 6.92 Å². The molecule has 4 atom stereocenters. The van der Waals surface area contributed by atoms with E-state index in [9.17, 15) is 0 Å². The molecule has 2 aliphatic carbocycles. The van der Waals surface area contributed by atoms with E-state index in [1.807, 2.05) is 0 Å². The number of aliphatic hydroxyl groups excluding tert-OH is 1. The molecule has 2 aliphatic rings. The fourth-order valence-corrected chi connectivity index (χ4v) is 3.01. The molecule has 0 heterocycles. The van der Waals surface area contributed by atoms with Gasteiger partial charge in [0.15, 0.2) is 0 Å². The second-order valence-corrected chi connectivity index (χ2v) is 4.04. The third-order valence-electron chi connectivity index (χ3n) is 3.75. The molecule has 2 fully saturated rings. The molecule has 0 aromatic heterocycles. The van der Waals surface area contributed by atoms with Crippen molar-refractivity contribution >= 4 is 0 Å². The number of rotatable bonds is 1. The Kier molecular flexibility index (Phi) is 1.48. The molecule has 0 spiro atoms. The maximum atomic E-state index is 9.06. The Bertz CT molecular complexity index is 131. The van der Waals surface area contributed by atoms with Gasteiger partial charge in [-0.05, 0) is 42.9 Å². The fourth-order valence-electron chi connectivity index (χ4n) is 3.01. The van der Waals surface area contributed by atoms with Gasteiger partial charge in [-0.25, -0.2) is 0 Å². The molecule has 2 unspecified atom stereocenters. The molecule has 58 valence electrons. The summed E-state index contributed by atoms with van der Waals surface area (Å²) in [5.74, 6) is 3.30. The molecule has 0 aliphatic heterocycles. The zero-order chi connectivity index (χ0) is 7.14. The summed E-state index contributed by atoms with van der Waals surface area (Å²) in [6.07, 6.45) is 4.23. The number of aliphatic hydroxyl groups is 1. The van der Waals surface area contributed by atoms with Crippen LogP contribution in [0.3, 0.4) is 0 Å². The summed E-state index contributed by atoms with van der Waals surface area (Å²) in [7, 11) is 0. The largest absolute Gasteiger partial charge is 0.396 e. The van der Waals surface area contributed by atoms with Crippen molar-refractivity contribution in [1.29, 1.82) is 0 Å². The second kappa shape index (κ2) is 2.23. The molecule has 0 aromatic carbocycles. The first kappa shape index (κ1) is 6.66. The van der Waals surface area contributed by atoms with Crippen LogP contribution in [0, 0.1) is 23.7 Å². The topological polar surface area (TPSA) is 20.2 Å². The van der Waals surface area contributed by atoms with Crippen molar-refractivity contribution in [2.45, 2.75) is 26.2 Å². The van der Waals surface area contributed by atoms with E-state index in [-0.39, 0.29) is 0 Å². The van der Waals surface area contributed by atoms with Crippen LogP contribution in [0.15, 0.2) is 0 Å². The first-order valence-corrected chi connectivity index (χ1v) is 4.43. The molecule has 0 amide bonds. The third-order valence-corrected chi connectivity index (χ3v) is 3.75. The summed E-state index contributed by atoms with van der Waals surface area (Å²) in [4.78, 5) is 0. The lowest BCUT2D eigenvalue weighted by Crippen LogP contribution is -2.22. The highest BCUT2D eigenvalue weighted by Gasteiger charge is 2.44. The lowest BCUT2D eigenvalue weighted by molar-refractivity contribution is 0.134. The highest BCUT2D eigenvalue weighted by atomic mass is 16.3. The van der Waals surface area contributed by atoms with Gasteiger partial charge in [-0.15, -0.1) is 0 Å². The molecule has 1 nitrogen and oxygen atoms in total. The van der Waals surface area contributed by atoms with E-state index in [1.54, 1.807) is 0 Å². The monoisotopic (exact) mass is 140 g/mol. The zero-order valence-electron chi connectivity index (χ0n) is 6.59. The van der Waals surface area contributed by atoms with Crippen LogP contribution >= 0.6 is 0 Å². The Labute approximate surface area is 62.4 Å². The van der Waals surface area contributed by atoms with Gasteiger partial charge in [0, 0.05) is 6.61 Å². The van der Waals surface area contributed by atoms with Crippen LogP contribution in [0.1, 0.15) is 26.2 Å². The molecule has 2 saturated carbocycles. The summed E-state index contributed by atoms with van der Waals surface area (Å²) in [6.45, 7) is 2.74. The van der Waals surface area contributed by atoms with E-state index in [1.165, 1.54) is 19.3 Å². The Morgan fingerprint density at radius 1 is 1.30 bits per heavy atom. The van der Waals surface area contributed by atoms with Crippen molar-refractivity contribution in [2.24, 2.45) is 23.7 Å². The minimum atomic E-state index is 0.433. The molecule has 0 aromatic rings. The van der Waals surface area contributed by atoms with Crippen LogP contribution in [-0.4, -0.2) is 11.7 Å². The lowest BCUT2D eigenvalue weighted by atomic mass is 9.81. The quantitative estimate of drug-likeness (QED) is 0.587.